The van der Waals surface area contributed by atoms with Gasteiger partial charge in [-0.25, -0.2) is 0 Å². The summed E-state index contributed by atoms with van der Waals surface area (Å²) < 4.78 is 11.8. The van der Waals surface area contributed by atoms with Crippen molar-refractivity contribution < 1.29 is 51.4 Å². The summed E-state index contributed by atoms with van der Waals surface area (Å²) in [7, 11) is 0. The van der Waals surface area contributed by atoms with Gasteiger partial charge in [-0.3, -0.25) is 0 Å². The minimum Gasteiger partial charge on any atom is -1.00 e. The fourth-order valence-corrected chi connectivity index (χ4v) is 4.93. The third-order valence-electron chi connectivity index (χ3n) is 6.30. The summed E-state index contributed by atoms with van der Waals surface area (Å²) in [6.07, 6.45) is 21.4. The van der Waals surface area contributed by atoms with Crippen molar-refractivity contribution in [2.75, 3.05) is 0 Å². The molecule has 0 N–H and O–H groups in total. The normalized spacial score (nSPS) is 10.1. The van der Waals surface area contributed by atoms with Crippen LogP contribution in [0.25, 0.3) is 0 Å². The van der Waals surface area contributed by atoms with E-state index in [2.05, 4.69) is 62.4 Å². The molecule has 0 aromatic heterocycles. The van der Waals surface area contributed by atoms with Crippen LogP contribution in [0.4, 0.5) is 0 Å². The largest absolute Gasteiger partial charge is 1.00 e. The Balaban J connectivity index is 0.00000578. The molecular weight excluding hydrogens is 511 g/mol. The zero-order valence-electron chi connectivity index (χ0n) is 22.0. The van der Waals surface area contributed by atoms with Crippen LogP contribution in [0.3, 0.4) is 0 Å². The van der Waals surface area contributed by atoms with Crippen molar-refractivity contribution in [3.05, 3.63) is 59.7 Å². The van der Waals surface area contributed by atoms with E-state index < -0.39 is 19.9 Å². The van der Waals surface area contributed by atoms with Gasteiger partial charge in [0.2, 0.25) is 0 Å². The molecule has 0 heterocycles. The molecule has 0 amide bonds. The van der Waals surface area contributed by atoms with Gasteiger partial charge in [0, 0.05) is 0 Å². The van der Waals surface area contributed by atoms with Crippen molar-refractivity contribution in [2.24, 2.45) is 0 Å². The van der Waals surface area contributed by atoms with Crippen LogP contribution in [0, 0.1) is 0 Å². The molecule has 0 bridgehead atoms. The van der Waals surface area contributed by atoms with Crippen LogP contribution in [-0.2, 0) is 32.8 Å². The number of aryl methyl sites for hydroxylation is 2. The van der Waals surface area contributed by atoms with Gasteiger partial charge in [0.15, 0.2) is 0 Å². The maximum absolute atomic E-state index is 5.90. The van der Waals surface area contributed by atoms with Crippen molar-refractivity contribution in [3.8, 4) is 11.5 Å². The maximum Gasteiger partial charge on any atom is -1.00 e. The predicted octanol–water partition coefficient (Wildman–Crippen LogP) is 3.65. The van der Waals surface area contributed by atoms with Crippen LogP contribution in [0.15, 0.2) is 48.5 Å². The summed E-state index contributed by atoms with van der Waals surface area (Å²) in [6.45, 7) is 4.55. The molecule has 2 rings (SSSR count). The molecule has 2 aromatic rings. The molecule has 0 aliphatic heterocycles. The Morgan fingerprint density at radius 2 is 0.771 bits per heavy atom. The van der Waals surface area contributed by atoms with Crippen molar-refractivity contribution in [1.29, 1.82) is 0 Å². The Morgan fingerprint density at radius 3 is 1.11 bits per heavy atom. The minimum absolute atomic E-state index is 0. The van der Waals surface area contributed by atoms with Gasteiger partial charge < -0.3 is 24.8 Å². The fraction of sp³-hybridized carbons (Fsp3) is 0.600. The molecule has 0 aliphatic rings. The van der Waals surface area contributed by atoms with Crippen molar-refractivity contribution in [1.82, 2.24) is 0 Å². The molecule has 2 nitrogen and oxygen atoms in total. The Labute approximate surface area is 238 Å². The molecule has 2 aromatic carbocycles. The van der Waals surface area contributed by atoms with E-state index in [-0.39, 0.29) is 24.8 Å². The van der Waals surface area contributed by atoms with Gasteiger partial charge in [-0.1, -0.05) is 26.7 Å². The summed E-state index contributed by atoms with van der Waals surface area (Å²) in [6, 6.07) is 17.2. The first-order valence-corrected chi connectivity index (χ1v) is 14.9. The van der Waals surface area contributed by atoms with Gasteiger partial charge >= 0.3 is 188 Å². The smallest absolute Gasteiger partial charge is 1.00 e. The Morgan fingerprint density at radius 1 is 0.457 bits per heavy atom. The Bertz CT molecular complexity index is 646. The van der Waals surface area contributed by atoms with E-state index in [4.69, 9.17) is 6.64 Å². The number of unbranched alkanes of at least 4 members (excludes halogenated alkanes) is 12. The third-order valence-corrected chi connectivity index (χ3v) is 7.30. The zero-order chi connectivity index (χ0) is 23.4. The molecule has 0 atom stereocenters. The third kappa shape index (κ3) is 17.4. The van der Waals surface area contributed by atoms with Gasteiger partial charge in [-0.05, 0) is 0 Å². The molecular formula is C30H46Cl2O2Ti. The summed E-state index contributed by atoms with van der Waals surface area (Å²) >= 11 is -0.939. The molecule has 0 saturated heterocycles. The van der Waals surface area contributed by atoms with Crippen molar-refractivity contribution in [2.45, 2.75) is 117 Å². The molecule has 196 valence electrons. The van der Waals surface area contributed by atoms with E-state index in [0.29, 0.717) is 0 Å². The van der Waals surface area contributed by atoms with Crippen LogP contribution >= 0.6 is 0 Å². The van der Waals surface area contributed by atoms with Gasteiger partial charge in [0.25, 0.3) is 0 Å². The second-order valence-corrected chi connectivity index (χ2v) is 10.2. The molecule has 0 unspecified atom stereocenters. The molecule has 0 saturated carbocycles. The van der Waals surface area contributed by atoms with Gasteiger partial charge in [0.05, 0.1) is 0 Å². The average Bonchev–Trinajstić information content (AvgIpc) is 2.85. The SMILES string of the molecule is CCCCCCCCCc1ccc([O][Ti+2][O]c2ccc(CCCCCCCCC)cc2)cc1.[Cl-].[Cl-]. The molecule has 0 aliphatic carbocycles. The van der Waals surface area contributed by atoms with Crippen LogP contribution < -0.4 is 31.5 Å². The van der Waals surface area contributed by atoms with Crippen LogP contribution in [0.5, 0.6) is 11.5 Å². The van der Waals surface area contributed by atoms with Crippen molar-refractivity contribution >= 4 is 0 Å². The summed E-state index contributed by atoms with van der Waals surface area (Å²) in [5, 5.41) is 0. The summed E-state index contributed by atoms with van der Waals surface area (Å²) in [5.74, 6) is 1.85. The Hall–Kier alpha value is -0.666. The molecule has 5 heteroatoms. The van der Waals surface area contributed by atoms with Gasteiger partial charge in [-0.2, -0.15) is 0 Å². The number of hydrogen-bond donors (Lipinski definition) is 0. The second-order valence-electron chi connectivity index (χ2n) is 9.32. The van der Waals surface area contributed by atoms with Crippen LogP contribution in [0.1, 0.15) is 115 Å². The first-order chi connectivity index (χ1) is 16.3. The van der Waals surface area contributed by atoms with E-state index in [9.17, 15) is 0 Å². The van der Waals surface area contributed by atoms with E-state index in [1.54, 1.807) is 0 Å². The van der Waals surface area contributed by atoms with E-state index in [1.807, 2.05) is 0 Å². The van der Waals surface area contributed by atoms with Crippen LogP contribution in [-0.4, -0.2) is 0 Å². The number of benzene rings is 2. The second kappa shape index (κ2) is 23.7. The zero-order valence-corrected chi connectivity index (χ0v) is 25.1. The molecule has 0 spiro atoms. The minimum atomic E-state index is -0.939. The number of halogens is 2. The summed E-state index contributed by atoms with van der Waals surface area (Å²) in [5.41, 5.74) is 2.82. The van der Waals surface area contributed by atoms with Crippen molar-refractivity contribution in [3.63, 3.8) is 0 Å². The monoisotopic (exact) mass is 556 g/mol. The topological polar surface area (TPSA) is 18.5 Å². The molecule has 0 radical (unpaired) electrons. The first kappa shape index (κ1) is 34.3. The van der Waals surface area contributed by atoms with E-state index >= 15 is 0 Å². The average molecular weight is 557 g/mol. The van der Waals surface area contributed by atoms with E-state index in [0.717, 1.165) is 11.5 Å². The number of rotatable bonds is 20. The quantitative estimate of drug-likeness (QED) is 0.183. The Kier molecular flexibility index (Phi) is 23.3. The maximum atomic E-state index is 5.90. The van der Waals surface area contributed by atoms with E-state index in [1.165, 1.54) is 114 Å². The number of hydrogen-bond acceptors (Lipinski definition) is 2. The molecule has 0 fully saturated rings. The predicted molar refractivity (Wildman–Crippen MR) is 138 cm³/mol. The van der Waals surface area contributed by atoms with Gasteiger partial charge in [0.1, 0.15) is 0 Å². The summed E-state index contributed by atoms with van der Waals surface area (Å²) in [4.78, 5) is 0. The first-order valence-electron chi connectivity index (χ1n) is 13.6. The molecule has 35 heavy (non-hydrogen) atoms. The fourth-order valence-electron chi connectivity index (χ4n) is 4.14. The van der Waals surface area contributed by atoms with Crippen LogP contribution in [0.2, 0.25) is 0 Å². The van der Waals surface area contributed by atoms with Gasteiger partial charge in [-0.15, -0.1) is 0 Å². The standard InChI is InChI=1S/2C15H24O.2ClH.Ti/c2*1-2-3-4-5-6-7-8-9-14-10-12-15(16)13-11-14;;;/h2*10-13,16H,2-9H2,1H3;2*1H;/q;;;;+4/p-4.